The molecule has 2 aromatic heterocycles. The van der Waals surface area contributed by atoms with Crippen LogP contribution in [0, 0.1) is 12.7 Å². The molecule has 12 heteroatoms. The Kier molecular flexibility index (Phi) is 8.37. The molecule has 6 nitrogen and oxygen atoms in total. The van der Waals surface area contributed by atoms with Crippen LogP contribution in [0.25, 0.3) is 0 Å². The molecule has 1 aliphatic rings. The molecule has 1 aromatic carbocycles. The highest BCUT2D eigenvalue weighted by molar-refractivity contribution is 5.32. The predicted octanol–water partition coefficient (Wildman–Crippen LogP) is 6.02. The monoisotopic (exact) mass is 540 g/mol. The Balaban J connectivity index is 1.63. The number of rotatable bonds is 8. The van der Waals surface area contributed by atoms with Gasteiger partial charge in [-0.1, -0.05) is 12.1 Å². The molecule has 4 rings (SSSR count). The minimum Gasteiger partial charge on any atom is -0.476 e. The lowest BCUT2D eigenvalue weighted by Gasteiger charge is -2.30. The summed E-state index contributed by atoms with van der Waals surface area (Å²) < 4.78 is 86.2. The van der Waals surface area contributed by atoms with Gasteiger partial charge in [0.05, 0.1) is 18.8 Å². The maximum Gasteiger partial charge on any atom is 0.435 e. The fourth-order valence-corrected chi connectivity index (χ4v) is 4.98. The van der Waals surface area contributed by atoms with Crippen LogP contribution in [0.5, 0.6) is 5.88 Å². The van der Waals surface area contributed by atoms with E-state index in [1.807, 2.05) is 13.0 Å². The first-order chi connectivity index (χ1) is 18.0. The molecule has 0 atom stereocenters. The minimum absolute atomic E-state index is 0.0350. The third-order valence-corrected chi connectivity index (χ3v) is 6.75. The van der Waals surface area contributed by atoms with Crippen LogP contribution in [-0.4, -0.2) is 32.8 Å². The van der Waals surface area contributed by atoms with Gasteiger partial charge in [0, 0.05) is 30.4 Å². The average molecular weight is 541 g/mol. The molecule has 0 radical (unpaired) electrons. The molecule has 1 aliphatic carbocycles. The van der Waals surface area contributed by atoms with Crippen LogP contribution in [0.3, 0.4) is 0 Å². The Morgan fingerprint density at radius 1 is 1.08 bits per heavy atom. The van der Waals surface area contributed by atoms with Crippen molar-refractivity contribution in [2.75, 3.05) is 6.61 Å². The largest absolute Gasteiger partial charge is 0.476 e. The van der Waals surface area contributed by atoms with Crippen LogP contribution >= 0.6 is 0 Å². The highest BCUT2D eigenvalue weighted by atomic mass is 19.4. The fourth-order valence-electron chi connectivity index (χ4n) is 4.98. The second-order valence-electron chi connectivity index (χ2n) is 9.30. The summed E-state index contributed by atoms with van der Waals surface area (Å²) >= 11 is 0. The number of aromatic nitrogens is 4. The van der Waals surface area contributed by atoms with E-state index in [2.05, 4.69) is 15.1 Å². The topological polar surface area (TPSA) is 69.9 Å². The first-order valence-corrected chi connectivity index (χ1v) is 12.2. The summed E-state index contributed by atoms with van der Waals surface area (Å²) in [4.78, 5) is 20.5. The van der Waals surface area contributed by atoms with Gasteiger partial charge in [-0.25, -0.2) is 22.8 Å². The van der Waals surface area contributed by atoms with E-state index in [0.717, 1.165) is 22.6 Å². The molecular weight excluding hydrogens is 514 g/mol. The molecule has 0 unspecified atom stereocenters. The van der Waals surface area contributed by atoms with Crippen LogP contribution < -0.4 is 10.3 Å². The Morgan fingerprint density at radius 3 is 2.42 bits per heavy atom. The van der Waals surface area contributed by atoms with E-state index in [9.17, 15) is 31.1 Å². The molecule has 38 heavy (non-hydrogen) atoms. The first-order valence-electron chi connectivity index (χ1n) is 12.2. The molecule has 0 amide bonds. The number of benzene rings is 1. The van der Waals surface area contributed by atoms with Crippen LogP contribution in [0.15, 0.2) is 41.5 Å². The summed E-state index contributed by atoms with van der Waals surface area (Å²) in [6.45, 7) is 0.821. The van der Waals surface area contributed by atoms with Gasteiger partial charge >= 0.3 is 6.18 Å². The molecule has 0 saturated heterocycles. The van der Waals surface area contributed by atoms with E-state index in [1.54, 1.807) is 6.07 Å². The van der Waals surface area contributed by atoms with Gasteiger partial charge in [0.25, 0.3) is 5.56 Å². The van der Waals surface area contributed by atoms with Crippen molar-refractivity contribution in [3.05, 3.63) is 80.9 Å². The van der Waals surface area contributed by atoms with Crippen LogP contribution in [-0.2, 0) is 12.7 Å². The summed E-state index contributed by atoms with van der Waals surface area (Å²) in [5.41, 5.74) is -0.636. The molecule has 1 saturated carbocycles. The fraction of sp³-hybridized carbons (Fsp3) is 0.462. The van der Waals surface area contributed by atoms with Crippen LogP contribution in [0.4, 0.5) is 26.3 Å². The van der Waals surface area contributed by atoms with Gasteiger partial charge in [-0.3, -0.25) is 9.78 Å². The SMILES string of the molecule is Cc1cccc(F)c1C1CCC(c2cc(OCCC(F)F)nn(Cc3nccnc3C(F)(F)F)c2=O)CC1. The van der Waals surface area contributed by atoms with Crippen molar-refractivity contribution in [2.24, 2.45) is 0 Å². The zero-order chi connectivity index (χ0) is 27.4. The lowest BCUT2D eigenvalue weighted by atomic mass is 9.75. The molecule has 0 spiro atoms. The van der Waals surface area contributed by atoms with E-state index < -0.39 is 42.5 Å². The van der Waals surface area contributed by atoms with E-state index in [1.165, 1.54) is 12.1 Å². The van der Waals surface area contributed by atoms with Crippen molar-refractivity contribution in [3.63, 3.8) is 0 Å². The highest BCUT2D eigenvalue weighted by Gasteiger charge is 2.36. The van der Waals surface area contributed by atoms with Crippen LogP contribution in [0.2, 0.25) is 0 Å². The summed E-state index contributed by atoms with van der Waals surface area (Å²) in [5, 5.41) is 3.98. The predicted molar refractivity (Wildman–Crippen MR) is 126 cm³/mol. The van der Waals surface area contributed by atoms with Gasteiger partial charge in [0.1, 0.15) is 5.82 Å². The zero-order valence-corrected chi connectivity index (χ0v) is 20.5. The van der Waals surface area contributed by atoms with Gasteiger partial charge < -0.3 is 4.74 Å². The normalized spacial score (nSPS) is 18.1. The van der Waals surface area contributed by atoms with Gasteiger partial charge in [-0.15, -0.1) is 5.10 Å². The molecule has 2 heterocycles. The van der Waals surface area contributed by atoms with Crippen molar-refractivity contribution < 1.29 is 31.1 Å². The second kappa shape index (κ2) is 11.5. The zero-order valence-electron chi connectivity index (χ0n) is 20.5. The molecule has 1 fully saturated rings. The summed E-state index contributed by atoms with van der Waals surface area (Å²) in [6.07, 6.45) is -3.79. The van der Waals surface area contributed by atoms with Crippen molar-refractivity contribution in [3.8, 4) is 5.88 Å². The average Bonchev–Trinajstić information content (AvgIpc) is 2.86. The Labute approximate surface area is 214 Å². The minimum atomic E-state index is -4.80. The number of hydrogen-bond acceptors (Lipinski definition) is 5. The van der Waals surface area contributed by atoms with E-state index >= 15 is 0 Å². The molecule has 204 valence electrons. The summed E-state index contributed by atoms with van der Waals surface area (Å²) in [7, 11) is 0. The highest BCUT2D eigenvalue weighted by Crippen LogP contribution is 2.41. The third-order valence-electron chi connectivity index (χ3n) is 6.75. The number of hydrogen-bond donors (Lipinski definition) is 0. The smallest absolute Gasteiger partial charge is 0.435 e. The van der Waals surface area contributed by atoms with Gasteiger partial charge in [0.2, 0.25) is 12.3 Å². The van der Waals surface area contributed by atoms with Crippen molar-refractivity contribution >= 4 is 0 Å². The lowest BCUT2D eigenvalue weighted by molar-refractivity contribution is -0.142. The Bertz CT molecular complexity index is 1300. The van der Waals surface area contributed by atoms with E-state index in [4.69, 9.17) is 4.74 Å². The van der Waals surface area contributed by atoms with E-state index in [-0.39, 0.29) is 35.7 Å². The Morgan fingerprint density at radius 2 is 1.76 bits per heavy atom. The van der Waals surface area contributed by atoms with Crippen molar-refractivity contribution in [2.45, 2.75) is 70.0 Å². The standard InChI is InChI=1S/C26H26F6N4O2/c1-15-3-2-4-19(27)23(15)17-7-5-16(6-8-17)18-13-22(38-12-9-21(28)29)35-36(25(18)37)14-20-24(26(30,31)32)34-11-10-33-20/h2-4,10-11,13,16-17,21H,5-9,12,14H2,1H3. The summed E-state index contributed by atoms with van der Waals surface area (Å²) in [5.74, 6) is -0.752. The number of alkyl halides is 5. The first kappa shape index (κ1) is 27.6. The summed E-state index contributed by atoms with van der Waals surface area (Å²) in [6, 6.07) is 6.28. The molecule has 3 aromatic rings. The lowest BCUT2D eigenvalue weighted by Crippen LogP contribution is -2.31. The second-order valence-corrected chi connectivity index (χ2v) is 9.30. The quantitative estimate of drug-likeness (QED) is 0.327. The third kappa shape index (κ3) is 6.33. The number of halogens is 6. The molecule has 0 bridgehead atoms. The number of ether oxygens (including phenoxy) is 1. The number of aryl methyl sites for hydroxylation is 1. The molecular formula is C26H26F6N4O2. The van der Waals surface area contributed by atoms with Crippen molar-refractivity contribution in [1.82, 2.24) is 19.7 Å². The van der Waals surface area contributed by atoms with Crippen molar-refractivity contribution in [1.29, 1.82) is 0 Å². The molecule has 0 aliphatic heterocycles. The van der Waals surface area contributed by atoms with Gasteiger partial charge in [-0.2, -0.15) is 13.2 Å². The van der Waals surface area contributed by atoms with Gasteiger partial charge in [0.15, 0.2) is 5.69 Å². The Hall–Kier alpha value is -3.44. The maximum atomic E-state index is 14.5. The maximum absolute atomic E-state index is 14.5. The van der Waals surface area contributed by atoms with Crippen LogP contribution in [0.1, 0.15) is 72.0 Å². The van der Waals surface area contributed by atoms with E-state index in [0.29, 0.717) is 31.2 Å². The molecule has 0 N–H and O–H groups in total. The number of nitrogens with zero attached hydrogens (tertiary/aromatic N) is 4. The van der Waals surface area contributed by atoms with Gasteiger partial charge in [-0.05, 0) is 61.6 Å².